The highest BCUT2D eigenvalue weighted by Gasteiger charge is 2.46. The van der Waals surface area contributed by atoms with Gasteiger partial charge < -0.3 is 10.1 Å². The van der Waals surface area contributed by atoms with Gasteiger partial charge in [-0.1, -0.05) is 19.3 Å². The molecule has 0 radical (unpaired) electrons. The molecule has 0 amide bonds. The number of benzene rings is 1. The van der Waals surface area contributed by atoms with Crippen molar-refractivity contribution in [1.82, 2.24) is 5.32 Å². The SMILES string of the molecule is CC(C)Oc1ccc(S(=O)(=O)[C@H]2CS(=O)(=O)C[C@@H]2NC2CCCCC2)cc1. The Morgan fingerprint density at radius 2 is 1.67 bits per heavy atom. The smallest absolute Gasteiger partial charge is 0.183 e. The molecule has 6 nitrogen and oxygen atoms in total. The van der Waals surface area contributed by atoms with Gasteiger partial charge in [0.05, 0.1) is 27.8 Å². The summed E-state index contributed by atoms with van der Waals surface area (Å²) in [5, 5.41) is 2.41. The van der Waals surface area contributed by atoms with Crippen LogP contribution in [0.15, 0.2) is 29.2 Å². The average molecular weight is 416 g/mol. The maximum atomic E-state index is 13.2. The highest BCUT2D eigenvalue weighted by Crippen LogP contribution is 2.29. The summed E-state index contributed by atoms with van der Waals surface area (Å²) in [6.07, 6.45) is 5.34. The van der Waals surface area contributed by atoms with Crippen molar-refractivity contribution < 1.29 is 21.6 Å². The monoisotopic (exact) mass is 415 g/mol. The Hall–Kier alpha value is -1.12. The molecule has 1 aliphatic carbocycles. The second-order valence-corrected chi connectivity index (χ2v) is 12.2. The van der Waals surface area contributed by atoms with Crippen LogP contribution in [0.4, 0.5) is 0 Å². The second-order valence-electron chi connectivity index (χ2n) is 7.91. The highest BCUT2D eigenvalue weighted by molar-refractivity contribution is 7.96. The third-order valence-corrected chi connectivity index (χ3v) is 9.44. The van der Waals surface area contributed by atoms with E-state index in [2.05, 4.69) is 5.32 Å². The van der Waals surface area contributed by atoms with Crippen molar-refractivity contribution in [2.75, 3.05) is 11.5 Å². The van der Waals surface area contributed by atoms with E-state index >= 15 is 0 Å². The van der Waals surface area contributed by atoms with Gasteiger partial charge in [0, 0.05) is 12.1 Å². The molecule has 1 saturated heterocycles. The maximum absolute atomic E-state index is 13.2. The summed E-state index contributed by atoms with van der Waals surface area (Å²) < 4.78 is 56.3. The molecule has 1 saturated carbocycles. The molecule has 0 spiro atoms. The molecule has 2 atom stereocenters. The van der Waals surface area contributed by atoms with E-state index in [1.165, 1.54) is 18.6 Å². The minimum atomic E-state index is -3.75. The van der Waals surface area contributed by atoms with Crippen molar-refractivity contribution in [3.8, 4) is 5.75 Å². The quantitative estimate of drug-likeness (QED) is 0.767. The van der Waals surface area contributed by atoms with Crippen LogP contribution in [0, 0.1) is 0 Å². The summed E-state index contributed by atoms with van der Waals surface area (Å²) in [4.78, 5) is 0.149. The van der Waals surface area contributed by atoms with Crippen molar-refractivity contribution in [2.24, 2.45) is 0 Å². The van der Waals surface area contributed by atoms with E-state index < -0.39 is 31.0 Å². The van der Waals surface area contributed by atoms with Gasteiger partial charge in [0.1, 0.15) is 5.75 Å². The van der Waals surface area contributed by atoms with Gasteiger partial charge in [0.2, 0.25) is 0 Å². The largest absolute Gasteiger partial charge is 0.491 e. The Labute approximate surface area is 162 Å². The predicted molar refractivity (Wildman–Crippen MR) is 106 cm³/mol. The molecule has 1 N–H and O–H groups in total. The van der Waals surface area contributed by atoms with E-state index in [9.17, 15) is 16.8 Å². The van der Waals surface area contributed by atoms with Crippen molar-refractivity contribution >= 4 is 19.7 Å². The van der Waals surface area contributed by atoms with Gasteiger partial charge in [-0.2, -0.15) is 0 Å². The first-order chi connectivity index (χ1) is 12.7. The molecule has 2 aliphatic rings. The van der Waals surface area contributed by atoms with Crippen LogP contribution in [0.2, 0.25) is 0 Å². The van der Waals surface area contributed by atoms with Gasteiger partial charge in [-0.15, -0.1) is 0 Å². The summed E-state index contributed by atoms with van der Waals surface area (Å²) in [5.41, 5.74) is 0. The average Bonchev–Trinajstić information content (AvgIpc) is 2.91. The first-order valence-electron chi connectivity index (χ1n) is 9.64. The molecule has 0 unspecified atom stereocenters. The lowest BCUT2D eigenvalue weighted by Gasteiger charge is -2.28. The summed E-state index contributed by atoms with van der Waals surface area (Å²) in [5.74, 6) is 0.172. The van der Waals surface area contributed by atoms with Crippen LogP contribution in [0.25, 0.3) is 0 Å². The molecule has 0 aromatic heterocycles. The summed E-state index contributed by atoms with van der Waals surface area (Å²) in [6, 6.07) is 5.93. The van der Waals surface area contributed by atoms with E-state index in [1.54, 1.807) is 12.1 Å². The Bertz CT molecular complexity index is 841. The third kappa shape index (κ3) is 5.03. The van der Waals surface area contributed by atoms with Crippen molar-refractivity contribution in [3.05, 3.63) is 24.3 Å². The lowest BCUT2D eigenvalue weighted by Crippen LogP contribution is -2.48. The number of hydrogen-bond acceptors (Lipinski definition) is 6. The van der Waals surface area contributed by atoms with Crippen LogP contribution in [0.3, 0.4) is 0 Å². The molecule has 8 heteroatoms. The van der Waals surface area contributed by atoms with Crippen molar-refractivity contribution in [1.29, 1.82) is 0 Å². The Balaban J connectivity index is 1.81. The van der Waals surface area contributed by atoms with Crippen LogP contribution in [0.1, 0.15) is 46.0 Å². The lowest BCUT2D eigenvalue weighted by atomic mass is 9.95. The number of nitrogens with one attached hydrogen (secondary N) is 1. The maximum Gasteiger partial charge on any atom is 0.183 e. The molecule has 1 aromatic rings. The number of hydrogen-bond donors (Lipinski definition) is 1. The number of sulfone groups is 2. The zero-order valence-electron chi connectivity index (χ0n) is 15.9. The topological polar surface area (TPSA) is 89.5 Å². The second kappa shape index (κ2) is 8.09. The summed E-state index contributed by atoms with van der Waals surface area (Å²) in [6.45, 7) is 3.80. The predicted octanol–water partition coefficient (Wildman–Crippen LogP) is 2.34. The minimum Gasteiger partial charge on any atom is -0.491 e. The molecule has 1 aromatic carbocycles. The highest BCUT2D eigenvalue weighted by atomic mass is 32.2. The molecular weight excluding hydrogens is 386 g/mol. The first kappa shape index (κ1) is 20.6. The van der Waals surface area contributed by atoms with Gasteiger partial charge in [0.15, 0.2) is 19.7 Å². The fourth-order valence-electron chi connectivity index (χ4n) is 4.00. The molecule has 1 heterocycles. The van der Waals surface area contributed by atoms with Crippen LogP contribution in [-0.2, 0) is 19.7 Å². The van der Waals surface area contributed by atoms with Gasteiger partial charge in [-0.3, -0.25) is 0 Å². The van der Waals surface area contributed by atoms with Crippen LogP contribution in [-0.4, -0.2) is 51.8 Å². The minimum absolute atomic E-state index is 0.00324. The van der Waals surface area contributed by atoms with E-state index in [-0.39, 0.29) is 28.5 Å². The zero-order valence-corrected chi connectivity index (χ0v) is 17.6. The van der Waals surface area contributed by atoms with E-state index in [4.69, 9.17) is 4.74 Å². The fourth-order valence-corrected chi connectivity index (χ4v) is 8.68. The van der Waals surface area contributed by atoms with Crippen LogP contribution in [0.5, 0.6) is 5.75 Å². The normalized spacial score (nSPS) is 26.3. The van der Waals surface area contributed by atoms with Gasteiger partial charge in [0.25, 0.3) is 0 Å². The molecule has 2 fully saturated rings. The number of ether oxygens (including phenoxy) is 1. The number of rotatable bonds is 6. The first-order valence-corrected chi connectivity index (χ1v) is 13.0. The van der Waals surface area contributed by atoms with Crippen molar-refractivity contribution in [3.63, 3.8) is 0 Å². The molecule has 3 rings (SSSR count). The van der Waals surface area contributed by atoms with Gasteiger partial charge in [-0.25, -0.2) is 16.8 Å². The van der Waals surface area contributed by atoms with Crippen LogP contribution < -0.4 is 10.1 Å². The Morgan fingerprint density at radius 3 is 2.26 bits per heavy atom. The molecule has 152 valence electrons. The Morgan fingerprint density at radius 1 is 1.04 bits per heavy atom. The van der Waals surface area contributed by atoms with Crippen LogP contribution >= 0.6 is 0 Å². The lowest BCUT2D eigenvalue weighted by molar-refractivity contribution is 0.242. The standard InChI is InChI=1S/C19H29NO5S2/c1-14(2)25-16-8-10-17(11-9-16)27(23,24)19-13-26(21,22)12-18(19)20-15-6-4-3-5-7-15/h8-11,14-15,18-20H,3-7,12-13H2,1-2H3/t18-,19-/m0/s1. The van der Waals surface area contributed by atoms with E-state index in [0.29, 0.717) is 5.75 Å². The molecule has 1 aliphatic heterocycles. The third-order valence-electron chi connectivity index (χ3n) is 5.28. The fraction of sp³-hybridized carbons (Fsp3) is 0.684. The summed E-state index contributed by atoms with van der Waals surface area (Å²) >= 11 is 0. The molecular formula is C19H29NO5S2. The van der Waals surface area contributed by atoms with Crippen molar-refractivity contribution in [2.45, 2.75) is 74.3 Å². The van der Waals surface area contributed by atoms with Gasteiger partial charge in [-0.05, 0) is 51.0 Å². The summed E-state index contributed by atoms with van der Waals surface area (Å²) in [7, 11) is -7.13. The molecule has 0 bridgehead atoms. The van der Waals surface area contributed by atoms with Gasteiger partial charge >= 0.3 is 0 Å². The van der Waals surface area contributed by atoms with E-state index in [1.807, 2.05) is 13.8 Å². The van der Waals surface area contributed by atoms with E-state index in [0.717, 1.165) is 25.7 Å². The Kier molecular flexibility index (Phi) is 6.17. The molecule has 27 heavy (non-hydrogen) atoms. The zero-order chi connectivity index (χ0) is 19.7.